The highest BCUT2D eigenvalue weighted by Crippen LogP contribution is 2.60. The highest BCUT2D eigenvalue weighted by molar-refractivity contribution is 9.09. The summed E-state index contributed by atoms with van der Waals surface area (Å²) in [5, 5.41) is 21.5. The monoisotopic (exact) mass is 577 g/mol. The minimum atomic E-state index is -1.22. The number of rotatable bonds is 9. The van der Waals surface area contributed by atoms with Gasteiger partial charge in [0.15, 0.2) is 0 Å². The number of esters is 1. The molecule has 0 aliphatic carbocycles. The predicted molar refractivity (Wildman–Crippen MR) is 135 cm³/mol. The van der Waals surface area contributed by atoms with E-state index >= 15 is 0 Å². The van der Waals surface area contributed by atoms with Crippen LogP contribution in [0, 0.1) is 17.8 Å². The number of amides is 2. The van der Waals surface area contributed by atoms with Crippen LogP contribution in [0.3, 0.4) is 0 Å². The van der Waals surface area contributed by atoms with E-state index in [0.29, 0.717) is 18.4 Å². The van der Waals surface area contributed by atoms with Gasteiger partial charge in [-0.25, -0.2) is 4.68 Å². The molecule has 0 radical (unpaired) electrons. The second-order valence-corrected chi connectivity index (χ2v) is 11.2. The number of carbonyl (C=O) groups is 3. The molecular formula is C25H32BrN5O6. The van der Waals surface area contributed by atoms with Crippen molar-refractivity contribution >= 4 is 44.7 Å². The summed E-state index contributed by atoms with van der Waals surface area (Å²) in [5.41, 5.74) is 0.234. The summed E-state index contributed by atoms with van der Waals surface area (Å²) in [6.07, 6.45) is 0.488. The zero-order valence-corrected chi connectivity index (χ0v) is 22.6. The Labute approximate surface area is 223 Å². The van der Waals surface area contributed by atoms with Gasteiger partial charge in [-0.1, -0.05) is 53.5 Å². The fourth-order valence-electron chi connectivity index (χ4n) is 6.33. The number of benzene rings is 1. The molecule has 0 saturated carbocycles. The summed E-state index contributed by atoms with van der Waals surface area (Å²) >= 11 is 3.63. The van der Waals surface area contributed by atoms with Crippen molar-refractivity contribution < 1.29 is 29.0 Å². The number of ether oxygens (including phenoxy) is 2. The Kier molecular flexibility index (Phi) is 7.01. The first-order valence-corrected chi connectivity index (χ1v) is 13.7. The highest BCUT2D eigenvalue weighted by atomic mass is 79.9. The van der Waals surface area contributed by atoms with Crippen LogP contribution in [0.4, 0.5) is 0 Å². The number of nitrogens with zero attached hydrogens (tertiary/aromatic N) is 4. The number of likely N-dealkylation sites (tertiary alicyclic amines) is 1. The highest BCUT2D eigenvalue weighted by Gasteiger charge is 2.77. The molecule has 2 N–H and O–H groups in total. The Bertz CT molecular complexity index is 1210. The lowest BCUT2D eigenvalue weighted by Crippen LogP contribution is -2.59. The number of para-hydroxylation sites is 1. The van der Waals surface area contributed by atoms with Crippen molar-refractivity contribution in [3.63, 3.8) is 0 Å². The number of fused-ring (bicyclic) bond motifs is 2. The Morgan fingerprint density at radius 1 is 1.35 bits per heavy atom. The van der Waals surface area contributed by atoms with Gasteiger partial charge in [-0.15, -0.1) is 5.10 Å². The zero-order chi connectivity index (χ0) is 26.5. The zero-order valence-electron chi connectivity index (χ0n) is 21.0. The topological polar surface area (TPSA) is 136 Å². The van der Waals surface area contributed by atoms with Crippen molar-refractivity contribution in [2.75, 3.05) is 13.2 Å². The van der Waals surface area contributed by atoms with Crippen molar-refractivity contribution in [3.05, 3.63) is 24.3 Å². The SMILES string of the molecule is CCOC(=O)[C@H]1[C@@H]2OC3(CC2Br)C(C(=O)NCn2nnc4ccccc42)N([C@@H](CO)[C@@H](C)CC)C(=O)[C@H]13. The molecule has 3 aliphatic heterocycles. The number of nitrogens with one attached hydrogen (secondary N) is 1. The van der Waals surface area contributed by atoms with Gasteiger partial charge in [0, 0.05) is 4.83 Å². The number of aliphatic hydroxyl groups excluding tert-OH is 1. The van der Waals surface area contributed by atoms with Crippen LogP contribution in [0.25, 0.3) is 11.0 Å². The van der Waals surface area contributed by atoms with E-state index in [9.17, 15) is 19.5 Å². The average molecular weight is 578 g/mol. The van der Waals surface area contributed by atoms with Crippen LogP contribution in [0.1, 0.15) is 33.6 Å². The normalized spacial score (nSPS) is 32.0. The first kappa shape index (κ1) is 26.1. The van der Waals surface area contributed by atoms with Crippen molar-refractivity contribution in [3.8, 4) is 0 Å². The van der Waals surface area contributed by atoms with E-state index in [0.717, 1.165) is 5.52 Å². The molecule has 1 aromatic heterocycles. The van der Waals surface area contributed by atoms with Gasteiger partial charge < -0.3 is 24.8 Å². The summed E-state index contributed by atoms with van der Waals surface area (Å²) in [7, 11) is 0. The third kappa shape index (κ3) is 3.95. The lowest BCUT2D eigenvalue weighted by molar-refractivity contribution is -0.155. The van der Waals surface area contributed by atoms with Crippen LogP contribution < -0.4 is 5.32 Å². The molecule has 3 aliphatic rings. The lowest BCUT2D eigenvalue weighted by atomic mass is 9.70. The van der Waals surface area contributed by atoms with Crippen molar-refractivity contribution in [2.24, 2.45) is 17.8 Å². The molecule has 1 spiro atoms. The summed E-state index contributed by atoms with van der Waals surface area (Å²) < 4.78 is 13.3. The Morgan fingerprint density at radius 2 is 2.11 bits per heavy atom. The first-order chi connectivity index (χ1) is 17.8. The number of carbonyl (C=O) groups excluding carboxylic acids is 3. The minimum absolute atomic E-state index is 0.0359. The third-order valence-corrected chi connectivity index (χ3v) is 9.05. The summed E-state index contributed by atoms with van der Waals surface area (Å²) in [6, 6.07) is 5.76. The first-order valence-electron chi connectivity index (χ1n) is 12.8. The molecule has 4 heterocycles. The maximum Gasteiger partial charge on any atom is 0.312 e. The Hall–Kier alpha value is -2.57. The van der Waals surface area contributed by atoms with Gasteiger partial charge in [-0.2, -0.15) is 0 Å². The van der Waals surface area contributed by atoms with Gasteiger partial charge in [0.2, 0.25) is 11.8 Å². The maximum atomic E-state index is 14.0. The van der Waals surface area contributed by atoms with Crippen LogP contribution >= 0.6 is 15.9 Å². The average Bonchev–Trinajstić information content (AvgIpc) is 3.60. The summed E-state index contributed by atoms with van der Waals surface area (Å²) in [5.74, 6) is -3.08. The lowest BCUT2D eigenvalue weighted by Gasteiger charge is -2.38. The van der Waals surface area contributed by atoms with E-state index in [1.807, 2.05) is 38.1 Å². The van der Waals surface area contributed by atoms with Crippen LogP contribution in [-0.2, 0) is 30.5 Å². The number of aromatic nitrogens is 3. The summed E-state index contributed by atoms with van der Waals surface area (Å²) in [4.78, 5) is 42.3. The van der Waals surface area contributed by atoms with E-state index in [1.54, 1.807) is 11.6 Å². The fraction of sp³-hybridized carbons (Fsp3) is 0.640. The molecule has 200 valence electrons. The van der Waals surface area contributed by atoms with Gasteiger partial charge >= 0.3 is 5.97 Å². The third-order valence-electron chi connectivity index (χ3n) is 8.20. The molecule has 2 aromatic rings. The molecule has 11 nitrogen and oxygen atoms in total. The second-order valence-electron chi connectivity index (χ2n) is 10.1. The van der Waals surface area contributed by atoms with Crippen LogP contribution in [0.2, 0.25) is 0 Å². The van der Waals surface area contributed by atoms with Gasteiger partial charge in [0.05, 0.1) is 42.7 Å². The predicted octanol–water partition coefficient (Wildman–Crippen LogP) is 1.22. The van der Waals surface area contributed by atoms with E-state index in [4.69, 9.17) is 9.47 Å². The van der Waals surface area contributed by atoms with Gasteiger partial charge in [-0.05, 0) is 31.4 Å². The van der Waals surface area contributed by atoms with Gasteiger partial charge in [0.1, 0.15) is 23.8 Å². The van der Waals surface area contributed by atoms with Crippen LogP contribution in [0.5, 0.6) is 0 Å². The molecular weight excluding hydrogens is 546 g/mol. The fourth-order valence-corrected chi connectivity index (χ4v) is 7.27. The number of aliphatic hydroxyl groups is 1. The molecule has 3 unspecified atom stereocenters. The molecule has 5 rings (SSSR count). The van der Waals surface area contributed by atoms with E-state index in [1.165, 1.54) is 4.90 Å². The smallest absolute Gasteiger partial charge is 0.312 e. The molecule has 8 atom stereocenters. The largest absolute Gasteiger partial charge is 0.466 e. The molecule has 3 saturated heterocycles. The molecule has 2 amide bonds. The summed E-state index contributed by atoms with van der Waals surface area (Å²) in [6.45, 7) is 5.51. The molecule has 12 heteroatoms. The number of hydrogen-bond donors (Lipinski definition) is 2. The standard InChI is InChI=1S/C25H32BrN5O6/c1-4-13(3)17(11-32)31-21(22(33)27-12-30-16-9-7-6-8-15(16)28-29-30)25-10-14(26)20(37-25)18(19(25)23(31)34)24(35)36-5-2/h6-9,13-14,17-21,32H,4-5,10-12H2,1-3H3,(H,27,33)/t13-,14?,17-,18+,19-,20+,21?,25?/m0/s1. The van der Waals surface area contributed by atoms with Gasteiger partial charge in [-0.3, -0.25) is 14.4 Å². The molecule has 37 heavy (non-hydrogen) atoms. The van der Waals surface area contributed by atoms with E-state index in [-0.39, 0.29) is 36.5 Å². The van der Waals surface area contributed by atoms with Crippen molar-refractivity contribution in [1.29, 1.82) is 0 Å². The van der Waals surface area contributed by atoms with E-state index in [2.05, 4.69) is 31.6 Å². The maximum absolute atomic E-state index is 14.0. The Balaban J connectivity index is 1.51. The van der Waals surface area contributed by atoms with Crippen LogP contribution in [0.15, 0.2) is 24.3 Å². The van der Waals surface area contributed by atoms with Crippen molar-refractivity contribution in [1.82, 2.24) is 25.2 Å². The molecule has 2 bridgehead atoms. The van der Waals surface area contributed by atoms with Crippen LogP contribution in [-0.4, -0.2) is 84.6 Å². The number of alkyl halides is 1. The molecule has 3 fully saturated rings. The minimum Gasteiger partial charge on any atom is -0.466 e. The second kappa shape index (κ2) is 9.95. The molecule has 1 aromatic carbocycles. The Morgan fingerprint density at radius 3 is 2.81 bits per heavy atom. The van der Waals surface area contributed by atoms with Gasteiger partial charge in [0.25, 0.3) is 0 Å². The van der Waals surface area contributed by atoms with E-state index < -0.39 is 47.5 Å². The number of hydrogen-bond acceptors (Lipinski definition) is 8. The van der Waals surface area contributed by atoms with Crippen molar-refractivity contribution in [2.45, 2.75) is 68.9 Å². The quantitative estimate of drug-likeness (QED) is 0.335. The number of halogens is 1.